The molecule has 0 aliphatic carbocycles. The fourth-order valence-electron chi connectivity index (χ4n) is 9.57. The molecule has 11 rings (SSSR count). The van der Waals surface area contributed by atoms with Crippen LogP contribution < -0.4 is 9.80 Å². The van der Waals surface area contributed by atoms with E-state index >= 15 is 0 Å². The van der Waals surface area contributed by atoms with Gasteiger partial charge in [-0.25, -0.2) is 0 Å². The van der Waals surface area contributed by atoms with Gasteiger partial charge in [0.1, 0.15) is 22.3 Å². The van der Waals surface area contributed by atoms with E-state index in [1.165, 1.54) is 55.5 Å². The lowest BCUT2D eigenvalue weighted by Crippen LogP contribution is -2.12. The Morgan fingerprint density at radius 3 is 1.16 bits per heavy atom. The maximum absolute atomic E-state index is 6.71. The molecule has 0 spiro atoms. The third-order valence-electron chi connectivity index (χ3n) is 13.4. The molecule has 0 atom stereocenters. The summed E-state index contributed by atoms with van der Waals surface area (Å²) < 4.78 is 13.4. The van der Waals surface area contributed by atoms with E-state index in [4.69, 9.17) is 8.83 Å². The third kappa shape index (κ3) is 5.81. The van der Waals surface area contributed by atoms with Gasteiger partial charge in [-0.05, 0) is 194 Å². The van der Waals surface area contributed by atoms with Crippen LogP contribution in [-0.4, -0.2) is 0 Å². The Balaban J connectivity index is 1.03. The quantitative estimate of drug-likeness (QED) is 0.168. The van der Waals surface area contributed by atoms with E-state index < -0.39 is 0 Å². The first-order valence-electron chi connectivity index (χ1n) is 21.2. The molecule has 4 nitrogen and oxygen atoms in total. The molecule has 0 amide bonds. The van der Waals surface area contributed by atoms with Gasteiger partial charge in [-0.3, -0.25) is 0 Å². The van der Waals surface area contributed by atoms with Crippen LogP contribution >= 0.6 is 0 Å². The van der Waals surface area contributed by atoms with Crippen LogP contribution in [0.4, 0.5) is 34.1 Å². The number of nitrogens with zero attached hydrogens (tertiary/aromatic N) is 2. The monoisotopic (exact) mass is 790 g/mol. The average molecular weight is 791 g/mol. The van der Waals surface area contributed by atoms with E-state index in [-0.39, 0.29) is 0 Å². The zero-order chi connectivity index (χ0) is 41.7. The van der Waals surface area contributed by atoms with Crippen molar-refractivity contribution >= 4 is 99.5 Å². The Labute approximate surface area is 355 Å². The first-order chi connectivity index (χ1) is 29.6. The van der Waals surface area contributed by atoms with Gasteiger partial charge < -0.3 is 18.6 Å². The Morgan fingerprint density at radius 1 is 0.311 bits per heavy atom. The molecule has 0 saturated heterocycles. The highest BCUT2D eigenvalue weighted by atomic mass is 16.3. The van der Waals surface area contributed by atoms with Gasteiger partial charge in [0, 0.05) is 61.7 Å². The summed E-state index contributed by atoms with van der Waals surface area (Å²) in [6.45, 7) is 15.4. The SMILES string of the molecule is Cc1ccc(N(c2ccccc2)c2ccc3cc4c(cc3c2)oc2cc3oc5cc6cc(N(c7ccccc7)c7ccc(C)c(C)c7C)ccc6cc5c3c(C)c24)c(C)c1C. The van der Waals surface area contributed by atoms with Crippen molar-refractivity contribution in [3.05, 3.63) is 191 Å². The molecule has 0 aliphatic heterocycles. The van der Waals surface area contributed by atoms with Gasteiger partial charge in [0.25, 0.3) is 0 Å². The molecule has 4 heteroatoms. The van der Waals surface area contributed by atoms with E-state index in [9.17, 15) is 0 Å². The van der Waals surface area contributed by atoms with Crippen LogP contribution in [0, 0.1) is 48.5 Å². The number of rotatable bonds is 6. The molecule has 0 bridgehead atoms. The molecule has 296 valence electrons. The van der Waals surface area contributed by atoms with Crippen molar-refractivity contribution < 1.29 is 8.83 Å². The maximum Gasteiger partial charge on any atom is 0.139 e. The minimum Gasteiger partial charge on any atom is -0.456 e. The van der Waals surface area contributed by atoms with Gasteiger partial charge >= 0.3 is 0 Å². The number of furan rings is 2. The molecule has 11 aromatic rings. The number of aryl methyl sites for hydroxylation is 3. The second-order valence-electron chi connectivity index (χ2n) is 16.9. The van der Waals surface area contributed by atoms with E-state index in [1.807, 2.05) is 0 Å². The number of anilines is 6. The Bertz CT molecular complexity index is 3320. The molecule has 0 unspecified atom stereocenters. The molecule has 0 N–H and O–H groups in total. The van der Waals surface area contributed by atoms with Crippen molar-refractivity contribution in [2.45, 2.75) is 48.5 Å². The molecule has 0 radical (unpaired) electrons. The first kappa shape index (κ1) is 36.8. The zero-order valence-electron chi connectivity index (χ0n) is 35.6. The Kier molecular flexibility index (Phi) is 8.37. The van der Waals surface area contributed by atoms with E-state index in [0.29, 0.717) is 0 Å². The summed E-state index contributed by atoms with van der Waals surface area (Å²) in [5.41, 5.74) is 19.2. The first-order valence-corrected chi connectivity index (χ1v) is 21.2. The Hall–Kier alpha value is -7.30. The fraction of sp³-hybridized carbons (Fsp3) is 0.123. The number of benzene rings is 9. The van der Waals surface area contributed by atoms with Crippen molar-refractivity contribution in [3.8, 4) is 0 Å². The van der Waals surface area contributed by atoms with Crippen molar-refractivity contribution in [2.75, 3.05) is 9.80 Å². The second-order valence-corrected chi connectivity index (χ2v) is 16.9. The summed E-state index contributed by atoms with van der Waals surface area (Å²) in [6.07, 6.45) is 0. The molecule has 2 aromatic heterocycles. The fourth-order valence-corrected chi connectivity index (χ4v) is 9.57. The van der Waals surface area contributed by atoms with Gasteiger partial charge in [0.05, 0.1) is 0 Å². The molecule has 0 fully saturated rings. The van der Waals surface area contributed by atoms with Crippen LogP contribution in [0.1, 0.15) is 38.9 Å². The minimum atomic E-state index is 0.834. The average Bonchev–Trinajstić information content (AvgIpc) is 3.82. The summed E-state index contributed by atoms with van der Waals surface area (Å²) in [7, 11) is 0. The predicted molar refractivity (Wildman–Crippen MR) is 259 cm³/mol. The van der Waals surface area contributed by atoms with Gasteiger partial charge in [0.15, 0.2) is 0 Å². The standard InChI is InChI=1S/C57H46N2O2/c1-33-18-24-50(37(5)35(33)3)58(44-14-10-8-11-15-44)46-22-20-40-28-48-52(30-42(40)26-46)60-54-32-55-57(39(7)56(48)54)49-29-41-21-23-47(27-43(41)31-53(49)61-55)59(45-16-12-9-13-17-45)51-25-19-34(2)36(4)38(51)6/h8-32H,1-7H3. The molecular weight excluding hydrogens is 745 g/mol. The van der Waals surface area contributed by atoms with Crippen LogP contribution in [0.3, 0.4) is 0 Å². The van der Waals surface area contributed by atoms with Gasteiger partial charge in [-0.2, -0.15) is 0 Å². The summed E-state index contributed by atoms with van der Waals surface area (Å²) in [4.78, 5) is 4.73. The van der Waals surface area contributed by atoms with Crippen LogP contribution in [0.5, 0.6) is 0 Å². The van der Waals surface area contributed by atoms with Gasteiger partial charge in [0.2, 0.25) is 0 Å². The Morgan fingerprint density at radius 2 is 0.738 bits per heavy atom. The zero-order valence-corrected chi connectivity index (χ0v) is 35.6. The lowest BCUT2D eigenvalue weighted by molar-refractivity contribution is 0.656. The smallest absolute Gasteiger partial charge is 0.139 e. The van der Waals surface area contributed by atoms with E-state index in [1.54, 1.807) is 0 Å². The number of hydrogen-bond acceptors (Lipinski definition) is 4. The summed E-state index contributed by atoms with van der Waals surface area (Å²) in [5.74, 6) is 0. The molecule has 0 saturated carbocycles. The van der Waals surface area contributed by atoms with Crippen LogP contribution in [0.25, 0.3) is 65.4 Å². The summed E-state index contributed by atoms with van der Waals surface area (Å²) in [6, 6.07) is 54.8. The van der Waals surface area contributed by atoms with Crippen LogP contribution in [0.2, 0.25) is 0 Å². The normalized spacial score (nSPS) is 11.9. The number of hydrogen-bond donors (Lipinski definition) is 0. The highest BCUT2D eigenvalue weighted by molar-refractivity contribution is 6.21. The maximum atomic E-state index is 6.71. The number of para-hydroxylation sites is 2. The molecule has 2 heterocycles. The van der Waals surface area contributed by atoms with Crippen LogP contribution in [0.15, 0.2) is 160 Å². The molecular formula is C57H46N2O2. The van der Waals surface area contributed by atoms with Gasteiger partial charge in [-0.15, -0.1) is 0 Å². The number of fused-ring (bicyclic) bond motifs is 8. The molecule has 0 aliphatic rings. The lowest BCUT2D eigenvalue weighted by Gasteiger charge is -2.28. The van der Waals surface area contributed by atoms with Crippen LogP contribution in [-0.2, 0) is 0 Å². The molecule has 9 aromatic carbocycles. The topological polar surface area (TPSA) is 32.8 Å². The second kappa shape index (κ2) is 13.9. The van der Waals surface area contributed by atoms with Crippen molar-refractivity contribution in [3.63, 3.8) is 0 Å². The third-order valence-corrected chi connectivity index (χ3v) is 13.4. The predicted octanol–water partition coefficient (Wildman–Crippen LogP) is 16.9. The highest BCUT2D eigenvalue weighted by Crippen LogP contribution is 2.45. The molecule has 61 heavy (non-hydrogen) atoms. The van der Waals surface area contributed by atoms with Crippen molar-refractivity contribution in [1.82, 2.24) is 0 Å². The highest BCUT2D eigenvalue weighted by Gasteiger charge is 2.22. The lowest BCUT2D eigenvalue weighted by atomic mass is 9.98. The summed E-state index contributed by atoms with van der Waals surface area (Å²) in [5, 5.41) is 9.08. The largest absolute Gasteiger partial charge is 0.456 e. The minimum absolute atomic E-state index is 0.834. The van der Waals surface area contributed by atoms with Crippen molar-refractivity contribution in [1.29, 1.82) is 0 Å². The van der Waals surface area contributed by atoms with E-state index in [2.05, 4.69) is 210 Å². The summed E-state index contributed by atoms with van der Waals surface area (Å²) >= 11 is 0. The van der Waals surface area contributed by atoms with Crippen molar-refractivity contribution in [2.24, 2.45) is 0 Å². The van der Waals surface area contributed by atoms with Gasteiger partial charge in [-0.1, -0.05) is 60.7 Å². The van der Waals surface area contributed by atoms with E-state index in [0.717, 1.165) is 83.0 Å².